The van der Waals surface area contributed by atoms with Gasteiger partial charge in [-0.1, -0.05) is 0 Å². The van der Waals surface area contributed by atoms with Crippen molar-refractivity contribution < 1.29 is 9.21 Å². The fourth-order valence-corrected chi connectivity index (χ4v) is 2.99. The van der Waals surface area contributed by atoms with Crippen molar-refractivity contribution in [1.82, 2.24) is 4.90 Å². The molecule has 24 heavy (non-hydrogen) atoms. The number of nitrogens with two attached hydrogens (primary N) is 1. The molecule has 0 spiro atoms. The van der Waals surface area contributed by atoms with E-state index in [2.05, 4.69) is 9.98 Å². The third kappa shape index (κ3) is 2.09. The Hall–Kier alpha value is -3.09. The average molecular weight is 323 g/mol. The largest absolute Gasteiger partial charge is 0.442 e. The lowest BCUT2D eigenvalue weighted by Crippen LogP contribution is -2.33. The molecule has 0 atom stereocenters. The monoisotopic (exact) mass is 323 g/mol. The second kappa shape index (κ2) is 5.23. The number of fused-ring (bicyclic) bond motifs is 3. The number of furan rings is 1. The van der Waals surface area contributed by atoms with Gasteiger partial charge in [-0.25, -0.2) is 4.99 Å². The number of hydrogen-bond donors (Lipinski definition) is 1. The number of amides is 1. The summed E-state index contributed by atoms with van der Waals surface area (Å²) in [4.78, 5) is 25.4. The van der Waals surface area contributed by atoms with Crippen LogP contribution in [0.4, 0.5) is 17.3 Å². The van der Waals surface area contributed by atoms with E-state index in [1.54, 1.807) is 37.3 Å². The van der Waals surface area contributed by atoms with Gasteiger partial charge in [-0.3, -0.25) is 9.79 Å². The third-order valence-corrected chi connectivity index (χ3v) is 4.28. The van der Waals surface area contributed by atoms with Gasteiger partial charge < -0.3 is 20.0 Å². The van der Waals surface area contributed by atoms with E-state index in [4.69, 9.17) is 10.2 Å². The van der Waals surface area contributed by atoms with E-state index >= 15 is 0 Å². The lowest BCUT2D eigenvalue weighted by Gasteiger charge is -2.21. The number of amidine groups is 1. The molecule has 0 radical (unpaired) electrons. The van der Waals surface area contributed by atoms with E-state index in [1.807, 2.05) is 17.0 Å². The molecule has 122 valence electrons. The maximum absolute atomic E-state index is 13.1. The van der Waals surface area contributed by atoms with E-state index in [1.165, 1.54) is 0 Å². The number of benzene rings is 1. The molecule has 4 rings (SSSR count). The van der Waals surface area contributed by atoms with Crippen molar-refractivity contribution in [2.24, 2.45) is 9.98 Å². The Morgan fingerprint density at radius 1 is 1.33 bits per heavy atom. The van der Waals surface area contributed by atoms with E-state index < -0.39 is 0 Å². The summed E-state index contributed by atoms with van der Waals surface area (Å²) in [5, 5.41) is 0. The number of nitrogens with zero attached hydrogens (tertiary/aromatic N) is 4. The second-order valence-corrected chi connectivity index (χ2v) is 5.81. The highest BCUT2D eigenvalue weighted by atomic mass is 16.4. The topological polar surface area (TPSA) is 87.4 Å². The van der Waals surface area contributed by atoms with E-state index in [9.17, 15) is 4.79 Å². The fourth-order valence-electron chi connectivity index (χ4n) is 2.99. The standard InChI is InChI=1S/C17H17N5O2/c1-10-13(17(23)21(2)12-5-3-11(18)4-6-12)14-15-19-7-8-22(15)9-20-16(14)24-10/h3-6,9H,7-8,18H2,1-2H3. The highest BCUT2D eigenvalue weighted by Gasteiger charge is 2.34. The summed E-state index contributed by atoms with van der Waals surface area (Å²) in [6.45, 7) is 3.23. The van der Waals surface area contributed by atoms with Crippen LogP contribution in [0.15, 0.2) is 38.7 Å². The Labute approximate surface area is 139 Å². The molecule has 2 N–H and O–H groups in total. The second-order valence-electron chi connectivity index (χ2n) is 5.81. The number of carbonyl (C=O) groups is 1. The molecule has 3 heterocycles. The summed E-state index contributed by atoms with van der Waals surface area (Å²) in [5.74, 6) is 1.58. The number of rotatable bonds is 2. The quantitative estimate of drug-likeness (QED) is 0.858. The summed E-state index contributed by atoms with van der Waals surface area (Å²) < 4.78 is 5.70. The number of aryl methyl sites for hydroxylation is 1. The molecule has 7 nitrogen and oxygen atoms in total. The van der Waals surface area contributed by atoms with E-state index in [0.717, 1.165) is 18.1 Å². The first kappa shape index (κ1) is 14.5. The van der Waals surface area contributed by atoms with Gasteiger partial charge in [-0.05, 0) is 31.2 Å². The molecule has 0 saturated heterocycles. The Kier molecular flexibility index (Phi) is 3.16. The van der Waals surface area contributed by atoms with Gasteiger partial charge in [0.2, 0.25) is 5.88 Å². The summed E-state index contributed by atoms with van der Waals surface area (Å²) in [7, 11) is 1.73. The number of aliphatic imine (C=N–C) groups is 2. The molecule has 0 unspecified atom stereocenters. The summed E-state index contributed by atoms with van der Waals surface area (Å²) in [6.07, 6.45) is 1.70. The number of hydrogen-bond acceptors (Lipinski definition) is 6. The Balaban J connectivity index is 1.77. The molecule has 0 bridgehead atoms. The molecule has 2 aromatic rings. The van der Waals surface area contributed by atoms with Crippen LogP contribution in [0.1, 0.15) is 21.7 Å². The van der Waals surface area contributed by atoms with Gasteiger partial charge in [0.1, 0.15) is 17.9 Å². The van der Waals surface area contributed by atoms with Crippen molar-refractivity contribution in [3.8, 4) is 0 Å². The third-order valence-electron chi connectivity index (χ3n) is 4.28. The van der Waals surface area contributed by atoms with Crippen LogP contribution in [0, 0.1) is 6.92 Å². The minimum absolute atomic E-state index is 0.158. The van der Waals surface area contributed by atoms with Gasteiger partial charge in [-0.2, -0.15) is 0 Å². The fraction of sp³-hybridized carbons (Fsp3) is 0.235. The molecule has 1 amide bonds. The zero-order chi connectivity index (χ0) is 16.8. The molecule has 1 aromatic heterocycles. The van der Waals surface area contributed by atoms with Crippen LogP contribution in [-0.2, 0) is 0 Å². The van der Waals surface area contributed by atoms with Gasteiger partial charge >= 0.3 is 0 Å². The molecule has 0 fully saturated rings. The average Bonchev–Trinajstić information content (AvgIpc) is 3.17. The molecule has 0 saturated carbocycles. The zero-order valence-corrected chi connectivity index (χ0v) is 13.5. The molecule has 2 aliphatic rings. The molecular formula is C17H17N5O2. The van der Waals surface area contributed by atoms with Crippen LogP contribution in [0.2, 0.25) is 0 Å². The van der Waals surface area contributed by atoms with Crippen molar-refractivity contribution in [2.45, 2.75) is 6.92 Å². The van der Waals surface area contributed by atoms with Gasteiger partial charge in [0.05, 0.1) is 17.7 Å². The van der Waals surface area contributed by atoms with E-state index in [0.29, 0.717) is 35.0 Å². The predicted octanol–water partition coefficient (Wildman–Crippen LogP) is 2.18. The van der Waals surface area contributed by atoms with Crippen LogP contribution in [0.5, 0.6) is 0 Å². The minimum Gasteiger partial charge on any atom is -0.442 e. The van der Waals surface area contributed by atoms with Crippen LogP contribution in [0.25, 0.3) is 0 Å². The first-order valence-corrected chi connectivity index (χ1v) is 7.69. The summed E-state index contributed by atoms with van der Waals surface area (Å²) in [6, 6.07) is 7.16. The summed E-state index contributed by atoms with van der Waals surface area (Å²) in [5.41, 5.74) is 8.31. The lowest BCUT2D eigenvalue weighted by molar-refractivity contribution is 0.0991. The van der Waals surface area contributed by atoms with Crippen molar-refractivity contribution in [3.63, 3.8) is 0 Å². The molecule has 1 aromatic carbocycles. The normalized spacial score (nSPS) is 15.1. The van der Waals surface area contributed by atoms with Crippen molar-refractivity contribution in [3.05, 3.63) is 41.2 Å². The smallest absolute Gasteiger partial charge is 0.262 e. The summed E-state index contributed by atoms with van der Waals surface area (Å²) >= 11 is 0. The predicted molar refractivity (Wildman–Crippen MR) is 93.3 cm³/mol. The molecule has 2 aliphatic heterocycles. The van der Waals surface area contributed by atoms with Crippen molar-refractivity contribution in [1.29, 1.82) is 0 Å². The minimum atomic E-state index is -0.158. The first-order chi connectivity index (χ1) is 11.6. The maximum atomic E-state index is 13.1. The van der Waals surface area contributed by atoms with Crippen LogP contribution < -0.4 is 10.6 Å². The zero-order valence-electron chi connectivity index (χ0n) is 13.5. The number of anilines is 2. The SMILES string of the molecule is Cc1oc2c(c1C(=O)N(C)c1ccc(N)cc1)C1=NCCN1C=N2. The van der Waals surface area contributed by atoms with Crippen molar-refractivity contribution in [2.75, 3.05) is 30.8 Å². The van der Waals surface area contributed by atoms with E-state index in [-0.39, 0.29) is 5.91 Å². The molecule has 7 heteroatoms. The molecular weight excluding hydrogens is 306 g/mol. The molecule has 0 aliphatic carbocycles. The van der Waals surface area contributed by atoms with Crippen LogP contribution in [0.3, 0.4) is 0 Å². The van der Waals surface area contributed by atoms with Gasteiger partial charge in [-0.15, -0.1) is 0 Å². The highest BCUT2D eigenvalue weighted by Crippen LogP contribution is 2.35. The van der Waals surface area contributed by atoms with Crippen LogP contribution >= 0.6 is 0 Å². The van der Waals surface area contributed by atoms with Gasteiger partial charge in [0.25, 0.3) is 5.91 Å². The van der Waals surface area contributed by atoms with Gasteiger partial charge in [0.15, 0.2) is 0 Å². The first-order valence-electron chi connectivity index (χ1n) is 7.69. The number of nitrogen functional groups attached to an aromatic ring is 1. The van der Waals surface area contributed by atoms with Crippen LogP contribution in [-0.4, -0.2) is 43.1 Å². The number of carbonyl (C=O) groups excluding carboxylic acids is 1. The Morgan fingerprint density at radius 3 is 2.83 bits per heavy atom. The highest BCUT2D eigenvalue weighted by molar-refractivity contribution is 6.20. The Bertz CT molecular complexity index is 879. The lowest BCUT2D eigenvalue weighted by atomic mass is 10.1. The maximum Gasteiger partial charge on any atom is 0.262 e. The Morgan fingerprint density at radius 2 is 2.08 bits per heavy atom. The van der Waals surface area contributed by atoms with Crippen molar-refractivity contribution >= 4 is 35.3 Å². The van der Waals surface area contributed by atoms with Gasteiger partial charge in [0, 0.05) is 25.0 Å².